The van der Waals surface area contributed by atoms with Crippen LogP contribution in [0, 0.1) is 0 Å². The lowest BCUT2D eigenvalue weighted by atomic mass is 10.2. The maximum atomic E-state index is 6.27. The highest BCUT2D eigenvalue weighted by atomic mass is 35.5. The average Bonchev–Trinajstić information content (AvgIpc) is 3.10. The Morgan fingerprint density at radius 3 is 2.54 bits per heavy atom. The van der Waals surface area contributed by atoms with Gasteiger partial charge in [0.2, 0.25) is 0 Å². The Labute approximate surface area is 159 Å². The first-order chi connectivity index (χ1) is 11.6. The second-order valence-corrected chi connectivity index (χ2v) is 7.49. The molecule has 2 saturated heterocycles. The summed E-state index contributed by atoms with van der Waals surface area (Å²) < 4.78 is 5.62. The zero-order chi connectivity index (χ0) is 16.9. The van der Waals surface area contributed by atoms with Crippen molar-refractivity contribution in [3.8, 4) is 0 Å². The summed E-state index contributed by atoms with van der Waals surface area (Å²) in [5.41, 5.74) is 1.01. The van der Waals surface area contributed by atoms with Crippen LogP contribution >= 0.6 is 35.4 Å². The SMILES string of the molecule is S=C(NCC1CCCO1)N1CCN(Cc2c(Cl)cccc2Cl)CC1. The highest BCUT2D eigenvalue weighted by Crippen LogP contribution is 2.26. The zero-order valence-electron chi connectivity index (χ0n) is 13.6. The van der Waals surface area contributed by atoms with E-state index in [0.717, 1.165) is 79.4 Å². The molecule has 2 fully saturated rings. The minimum Gasteiger partial charge on any atom is -0.376 e. The van der Waals surface area contributed by atoms with E-state index < -0.39 is 0 Å². The minimum atomic E-state index is 0.312. The van der Waals surface area contributed by atoms with Crippen molar-refractivity contribution in [2.45, 2.75) is 25.5 Å². The predicted molar refractivity (Wildman–Crippen MR) is 103 cm³/mol. The molecule has 132 valence electrons. The van der Waals surface area contributed by atoms with Gasteiger partial charge in [-0.15, -0.1) is 0 Å². The molecule has 2 aliphatic heterocycles. The maximum absolute atomic E-state index is 6.27. The molecule has 1 aromatic carbocycles. The number of nitrogens with zero attached hydrogens (tertiary/aromatic N) is 2. The molecule has 7 heteroatoms. The van der Waals surface area contributed by atoms with Gasteiger partial charge in [0.1, 0.15) is 0 Å². The summed E-state index contributed by atoms with van der Waals surface area (Å²) in [5, 5.41) is 5.65. The first-order valence-corrected chi connectivity index (χ1v) is 9.59. The molecule has 2 heterocycles. The lowest BCUT2D eigenvalue weighted by Crippen LogP contribution is -2.52. The number of thiocarbonyl (C=S) groups is 1. The molecule has 0 bridgehead atoms. The first-order valence-electron chi connectivity index (χ1n) is 8.43. The smallest absolute Gasteiger partial charge is 0.169 e. The second-order valence-electron chi connectivity index (χ2n) is 6.28. The average molecular weight is 388 g/mol. The summed E-state index contributed by atoms with van der Waals surface area (Å²) in [6, 6.07) is 5.66. The standard InChI is InChI=1S/C17H23Cl2N3OS/c18-15-4-1-5-16(19)14(15)12-21-6-8-22(9-7-21)17(24)20-11-13-3-2-10-23-13/h1,4-5,13H,2-3,6-12H2,(H,20,24). The highest BCUT2D eigenvalue weighted by molar-refractivity contribution is 7.80. The molecule has 1 unspecified atom stereocenters. The van der Waals surface area contributed by atoms with Crippen molar-refractivity contribution in [3.63, 3.8) is 0 Å². The van der Waals surface area contributed by atoms with Crippen LogP contribution in [0.2, 0.25) is 10.0 Å². The molecule has 2 aliphatic rings. The lowest BCUT2D eigenvalue weighted by molar-refractivity contribution is 0.112. The van der Waals surface area contributed by atoms with Crippen molar-refractivity contribution < 1.29 is 4.74 Å². The van der Waals surface area contributed by atoms with Gasteiger partial charge in [-0.1, -0.05) is 29.3 Å². The van der Waals surface area contributed by atoms with E-state index in [9.17, 15) is 0 Å². The third-order valence-electron chi connectivity index (χ3n) is 4.61. The largest absolute Gasteiger partial charge is 0.376 e. The van der Waals surface area contributed by atoms with Gasteiger partial charge >= 0.3 is 0 Å². The van der Waals surface area contributed by atoms with Crippen molar-refractivity contribution in [1.82, 2.24) is 15.1 Å². The Kier molecular flexibility index (Phi) is 6.58. The van der Waals surface area contributed by atoms with E-state index >= 15 is 0 Å². The normalized spacial score (nSPS) is 21.9. The number of halogens is 2. The summed E-state index contributed by atoms with van der Waals surface area (Å²) in [6.07, 6.45) is 2.59. The van der Waals surface area contributed by atoms with E-state index in [1.807, 2.05) is 18.2 Å². The molecule has 0 aromatic heterocycles. The minimum absolute atomic E-state index is 0.312. The van der Waals surface area contributed by atoms with Gasteiger partial charge in [0.05, 0.1) is 6.10 Å². The van der Waals surface area contributed by atoms with Gasteiger partial charge in [0, 0.05) is 61.5 Å². The van der Waals surface area contributed by atoms with Crippen molar-refractivity contribution in [1.29, 1.82) is 0 Å². The van der Waals surface area contributed by atoms with Crippen molar-refractivity contribution in [2.75, 3.05) is 39.3 Å². The number of hydrogen-bond acceptors (Lipinski definition) is 3. The number of ether oxygens (including phenoxy) is 1. The summed E-state index contributed by atoms with van der Waals surface area (Å²) in [5.74, 6) is 0. The van der Waals surface area contributed by atoms with Gasteiger partial charge < -0.3 is 15.0 Å². The van der Waals surface area contributed by atoms with Gasteiger partial charge in [-0.3, -0.25) is 4.90 Å². The molecule has 0 aliphatic carbocycles. The quantitative estimate of drug-likeness (QED) is 0.800. The van der Waals surface area contributed by atoms with Crippen LogP contribution in [-0.2, 0) is 11.3 Å². The van der Waals surface area contributed by atoms with E-state index in [0.29, 0.717) is 6.10 Å². The fourth-order valence-corrected chi connectivity index (χ4v) is 3.92. The van der Waals surface area contributed by atoms with Gasteiger partial charge in [-0.05, 0) is 37.2 Å². The van der Waals surface area contributed by atoms with Crippen LogP contribution in [0.1, 0.15) is 18.4 Å². The van der Waals surface area contributed by atoms with E-state index in [1.54, 1.807) is 0 Å². The van der Waals surface area contributed by atoms with Crippen LogP contribution in [-0.4, -0.2) is 60.3 Å². The summed E-state index contributed by atoms with van der Waals surface area (Å²) in [4.78, 5) is 4.60. The van der Waals surface area contributed by atoms with E-state index in [2.05, 4.69) is 15.1 Å². The number of piperazine rings is 1. The van der Waals surface area contributed by atoms with E-state index in [1.165, 1.54) is 0 Å². The molecule has 1 aromatic rings. The third-order valence-corrected chi connectivity index (χ3v) is 5.72. The number of hydrogen-bond donors (Lipinski definition) is 1. The molecular formula is C17H23Cl2N3OS. The molecule has 0 amide bonds. The Morgan fingerprint density at radius 2 is 1.92 bits per heavy atom. The molecule has 24 heavy (non-hydrogen) atoms. The Morgan fingerprint density at radius 1 is 1.21 bits per heavy atom. The van der Waals surface area contributed by atoms with Gasteiger partial charge in [0.25, 0.3) is 0 Å². The molecule has 0 radical (unpaired) electrons. The first kappa shape index (κ1) is 18.2. The molecule has 1 atom stereocenters. The number of rotatable bonds is 4. The van der Waals surface area contributed by atoms with Crippen molar-refractivity contribution >= 4 is 40.5 Å². The van der Waals surface area contributed by atoms with Crippen LogP contribution in [0.3, 0.4) is 0 Å². The third kappa shape index (κ3) is 4.73. The van der Waals surface area contributed by atoms with E-state index in [-0.39, 0.29) is 0 Å². The molecule has 0 saturated carbocycles. The van der Waals surface area contributed by atoms with Gasteiger partial charge in [-0.2, -0.15) is 0 Å². The summed E-state index contributed by atoms with van der Waals surface area (Å²) in [6.45, 7) is 6.20. The molecule has 3 rings (SSSR count). The Bertz CT molecular complexity index is 553. The monoisotopic (exact) mass is 387 g/mol. The van der Waals surface area contributed by atoms with Gasteiger partial charge in [0.15, 0.2) is 5.11 Å². The molecular weight excluding hydrogens is 365 g/mol. The molecule has 1 N–H and O–H groups in total. The van der Waals surface area contributed by atoms with Crippen LogP contribution in [0.25, 0.3) is 0 Å². The van der Waals surface area contributed by atoms with Gasteiger partial charge in [-0.25, -0.2) is 0 Å². The second kappa shape index (κ2) is 8.68. The van der Waals surface area contributed by atoms with Crippen molar-refractivity contribution in [3.05, 3.63) is 33.8 Å². The lowest BCUT2D eigenvalue weighted by Gasteiger charge is -2.36. The molecule has 4 nitrogen and oxygen atoms in total. The predicted octanol–water partition coefficient (Wildman–Crippen LogP) is 3.16. The van der Waals surface area contributed by atoms with Crippen LogP contribution < -0.4 is 5.32 Å². The summed E-state index contributed by atoms with van der Waals surface area (Å²) in [7, 11) is 0. The number of nitrogens with one attached hydrogen (secondary N) is 1. The maximum Gasteiger partial charge on any atom is 0.169 e. The fraction of sp³-hybridized carbons (Fsp3) is 0.588. The van der Waals surface area contributed by atoms with E-state index in [4.69, 9.17) is 40.2 Å². The number of benzene rings is 1. The van der Waals surface area contributed by atoms with Crippen LogP contribution in [0.5, 0.6) is 0 Å². The zero-order valence-corrected chi connectivity index (χ0v) is 16.0. The van der Waals surface area contributed by atoms with Crippen LogP contribution in [0.4, 0.5) is 0 Å². The molecule has 0 spiro atoms. The van der Waals surface area contributed by atoms with Crippen LogP contribution in [0.15, 0.2) is 18.2 Å². The topological polar surface area (TPSA) is 27.7 Å². The fourth-order valence-electron chi connectivity index (χ4n) is 3.13. The Balaban J connectivity index is 1.44. The highest BCUT2D eigenvalue weighted by Gasteiger charge is 2.21. The van der Waals surface area contributed by atoms with Crippen molar-refractivity contribution in [2.24, 2.45) is 0 Å². The summed E-state index contributed by atoms with van der Waals surface area (Å²) >= 11 is 18.1. The Hall–Kier alpha value is -0.590.